The van der Waals surface area contributed by atoms with Gasteiger partial charge in [0.15, 0.2) is 0 Å². The minimum atomic E-state index is 0.228. The SMILES string of the molecule is CCCc1ccc(C(N)C2CCC(C)(C)CC2)cc1. The summed E-state index contributed by atoms with van der Waals surface area (Å²) in [6.07, 6.45) is 7.59. The van der Waals surface area contributed by atoms with E-state index in [1.54, 1.807) is 0 Å². The fraction of sp³-hybridized carbons (Fsp3) is 0.667. The van der Waals surface area contributed by atoms with Crippen LogP contribution in [0.2, 0.25) is 0 Å². The zero-order valence-electron chi connectivity index (χ0n) is 12.8. The highest BCUT2D eigenvalue weighted by molar-refractivity contribution is 5.25. The normalized spacial score (nSPS) is 21.3. The van der Waals surface area contributed by atoms with Gasteiger partial charge in [0.25, 0.3) is 0 Å². The molecule has 0 amide bonds. The molecule has 1 saturated carbocycles. The second kappa shape index (κ2) is 6.09. The molecule has 0 radical (unpaired) electrons. The molecule has 106 valence electrons. The first-order valence-corrected chi connectivity index (χ1v) is 7.86. The van der Waals surface area contributed by atoms with Crippen LogP contribution in [0.5, 0.6) is 0 Å². The average Bonchev–Trinajstić information content (AvgIpc) is 2.39. The topological polar surface area (TPSA) is 26.0 Å². The molecule has 0 spiro atoms. The number of hydrogen-bond acceptors (Lipinski definition) is 1. The first-order valence-electron chi connectivity index (χ1n) is 7.86. The summed E-state index contributed by atoms with van der Waals surface area (Å²) < 4.78 is 0. The molecule has 0 bridgehead atoms. The molecule has 0 heterocycles. The van der Waals surface area contributed by atoms with Crippen molar-refractivity contribution in [3.05, 3.63) is 35.4 Å². The molecule has 1 nitrogen and oxygen atoms in total. The van der Waals surface area contributed by atoms with Crippen molar-refractivity contribution in [2.75, 3.05) is 0 Å². The Morgan fingerprint density at radius 2 is 1.74 bits per heavy atom. The first-order chi connectivity index (χ1) is 9.02. The highest BCUT2D eigenvalue weighted by Gasteiger charge is 2.30. The van der Waals surface area contributed by atoms with Gasteiger partial charge in [-0.15, -0.1) is 0 Å². The summed E-state index contributed by atoms with van der Waals surface area (Å²) >= 11 is 0. The van der Waals surface area contributed by atoms with E-state index in [0.717, 1.165) is 0 Å². The second-order valence-corrected chi connectivity index (χ2v) is 7.02. The van der Waals surface area contributed by atoms with E-state index in [2.05, 4.69) is 45.0 Å². The van der Waals surface area contributed by atoms with Gasteiger partial charge in [-0.25, -0.2) is 0 Å². The third-order valence-electron chi connectivity index (χ3n) is 4.79. The first kappa shape index (κ1) is 14.6. The van der Waals surface area contributed by atoms with Crippen molar-refractivity contribution in [3.8, 4) is 0 Å². The number of rotatable bonds is 4. The van der Waals surface area contributed by atoms with Crippen molar-refractivity contribution < 1.29 is 0 Å². The van der Waals surface area contributed by atoms with E-state index >= 15 is 0 Å². The van der Waals surface area contributed by atoms with Crippen LogP contribution in [-0.4, -0.2) is 0 Å². The van der Waals surface area contributed by atoms with Gasteiger partial charge in [0.1, 0.15) is 0 Å². The van der Waals surface area contributed by atoms with Crippen LogP contribution in [0, 0.1) is 11.3 Å². The molecule has 0 aliphatic heterocycles. The van der Waals surface area contributed by atoms with E-state index in [1.165, 1.54) is 49.7 Å². The molecule has 1 fully saturated rings. The van der Waals surface area contributed by atoms with Gasteiger partial charge >= 0.3 is 0 Å². The summed E-state index contributed by atoms with van der Waals surface area (Å²) in [5.41, 5.74) is 9.77. The third kappa shape index (κ3) is 3.82. The van der Waals surface area contributed by atoms with Crippen molar-refractivity contribution in [2.45, 2.75) is 65.3 Å². The lowest BCUT2D eigenvalue weighted by Gasteiger charge is -2.37. The van der Waals surface area contributed by atoms with Gasteiger partial charge in [0, 0.05) is 6.04 Å². The molecule has 2 N–H and O–H groups in total. The highest BCUT2D eigenvalue weighted by atomic mass is 14.7. The zero-order valence-corrected chi connectivity index (χ0v) is 12.8. The maximum atomic E-state index is 6.48. The Morgan fingerprint density at radius 3 is 2.26 bits per heavy atom. The predicted octanol–water partition coefficient (Wildman–Crippen LogP) is 4.86. The fourth-order valence-corrected chi connectivity index (χ4v) is 3.25. The minimum Gasteiger partial charge on any atom is -0.324 e. The van der Waals surface area contributed by atoms with Crippen LogP contribution >= 0.6 is 0 Å². The molecule has 1 aliphatic rings. The zero-order chi connectivity index (χ0) is 13.9. The molecule has 19 heavy (non-hydrogen) atoms. The molecule has 2 rings (SSSR count). The Bertz CT molecular complexity index is 381. The molecular weight excluding hydrogens is 230 g/mol. The Labute approximate surface area is 118 Å². The largest absolute Gasteiger partial charge is 0.324 e. The predicted molar refractivity (Wildman–Crippen MR) is 83.1 cm³/mol. The molecule has 0 saturated heterocycles. The Morgan fingerprint density at radius 1 is 1.16 bits per heavy atom. The lowest BCUT2D eigenvalue weighted by molar-refractivity contribution is 0.173. The lowest BCUT2D eigenvalue weighted by Crippen LogP contribution is -2.29. The summed E-state index contributed by atoms with van der Waals surface area (Å²) in [5.74, 6) is 0.671. The van der Waals surface area contributed by atoms with Gasteiger partial charge in [-0.2, -0.15) is 0 Å². The van der Waals surface area contributed by atoms with Crippen LogP contribution in [0.4, 0.5) is 0 Å². The van der Waals surface area contributed by atoms with Gasteiger partial charge in [-0.05, 0) is 54.6 Å². The second-order valence-electron chi connectivity index (χ2n) is 7.02. The molecule has 1 aromatic rings. The van der Waals surface area contributed by atoms with Gasteiger partial charge in [-0.3, -0.25) is 0 Å². The van der Waals surface area contributed by atoms with E-state index in [-0.39, 0.29) is 6.04 Å². The van der Waals surface area contributed by atoms with E-state index in [1.807, 2.05) is 0 Å². The Balaban J connectivity index is 1.97. The van der Waals surface area contributed by atoms with Crippen LogP contribution in [0.1, 0.15) is 70.0 Å². The molecule has 0 aromatic heterocycles. The molecule has 1 heteroatoms. The molecule has 1 aliphatic carbocycles. The molecule has 1 aromatic carbocycles. The van der Waals surface area contributed by atoms with E-state index in [0.29, 0.717) is 11.3 Å². The lowest BCUT2D eigenvalue weighted by atomic mass is 9.70. The quantitative estimate of drug-likeness (QED) is 0.821. The Hall–Kier alpha value is -0.820. The molecule has 1 atom stereocenters. The van der Waals surface area contributed by atoms with E-state index < -0.39 is 0 Å². The monoisotopic (exact) mass is 259 g/mol. The third-order valence-corrected chi connectivity index (χ3v) is 4.79. The van der Waals surface area contributed by atoms with Gasteiger partial charge < -0.3 is 5.73 Å². The minimum absolute atomic E-state index is 0.228. The standard InChI is InChI=1S/C18H29N/c1-4-5-14-6-8-15(9-7-14)17(19)16-10-12-18(2,3)13-11-16/h6-9,16-17H,4-5,10-13,19H2,1-3H3. The number of benzene rings is 1. The summed E-state index contributed by atoms with van der Waals surface area (Å²) in [6.45, 7) is 6.99. The van der Waals surface area contributed by atoms with Gasteiger partial charge in [0.05, 0.1) is 0 Å². The van der Waals surface area contributed by atoms with Crippen LogP contribution in [0.3, 0.4) is 0 Å². The summed E-state index contributed by atoms with van der Waals surface area (Å²) in [4.78, 5) is 0. The number of hydrogen-bond donors (Lipinski definition) is 1. The fourth-order valence-electron chi connectivity index (χ4n) is 3.25. The summed E-state index contributed by atoms with van der Waals surface area (Å²) in [5, 5.41) is 0. The van der Waals surface area contributed by atoms with Crippen molar-refractivity contribution in [1.29, 1.82) is 0 Å². The van der Waals surface area contributed by atoms with E-state index in [9.17, 15) is 0 Å². The van der Waals surface area contributed by atoms with Crippen LogP contribution in [-0.2, 0) is 6.42 Å². The van der Waals surface area contributed by atoms with Crippen molar-refractivity contribution in [3.63, 3.8) is 0 Å². The van der Waals surface area contributed by atoms with Crippen LogP contribution in [0.25, 0.3) is 0 Å². The maximum Gasteiger partial charge on any atom is 0.0323 e. The summed E-state index contributed by atoms with van der Waals surface area (Å²) in [6, 6.07) is 9.23. The molecule has 1 unspecified atom stereocenters. The van der Waals surface area contributed by atoms with Crippen LogP contribution in [0.15, 0.2) is 24.3 Å². The van der Waals surface area contributed by atoms with E-state index in [4.69, 9.17) is 5.73 Å². The van der Waals surface area contributed by atoms with Crippen molar-refractivity contribution in [1.82, 2.24) is 0 Å². The average molecular weight is 259 g/mol. The highest BCUT2D eigenvalue weighted by Crippen LogP contribution is 2.41. The van der Waals surface area contributed by atoms with Gasteiger partial charge in [-0.1, -0.05) is 51.5 Å². The molecular formula is C18H29N. The number of nitrogens with two attached hydrogens (primary N) is 1. The van der Waals surface area contributed by atoms with Crippen molar-refractivity contribution in [2.24, 2.45) is 17.1 Å². The maximum absolute atomic E-state index is 6.48. The van der Waals surface area contributed by atoms with Gasteiger partial charge in [0.2, 0.25) is 0 Å². The van der Waals surface area contributed by atoms with Crippen molar-refractivity contribution >= 4 is 0 Å². The van der Waals surface area contributed by atoms with Crippen LogP contribution < -0.4 is 5.73 Å². The smallest absolute Gasteiger partial charge is 0.0323 e. The number of aryl methyl sites for hydroxylation is 1. The Kier molecular flexibility index (Phi) is 4.67. The summed E-state index contributed by atoms with van der Waals surface area (Å²) in [7, 11) is 0.